The lowest BCUT2D eigenvalue weighted by Crippen LogP contribution is -2.01. The van der Waals surface area contributed by atoms with Crippen LogP contribution >= 0.6 is 11.6 Å². The maximum atomic E-state index is 10.6. The summed E-state index contributed by atoms with van der Waals surface area (Å²) in [5.41, 5.74) is 1.33. The standard InChI is InChI=1S/C16H15ClN2O5/c1-2-23-15-8-12(9-18-20)7-14(17)16(15)24-10-11-3-5-13(6-4-11)19(21)22/h3-9,20H,2,10H2,1H3/b18-9+. The third kappa shape index (κ3) is 4.36. The monoisotopic (exact) mass is 350 g/mol. The lowest BCUT2D eigenvalue weighted by atomic mass is 10.2. The van der Waals surface area contributed by atoms with Crippen LogP contribution in [-0.2, 0) is 6.61 Å². The van der Waals surface area contributed by atoms with Gasteiger partial charge in [-0.25, -0.2) is 0 Å². The Morgan fingerprint density at radius 1 is 1.29 bits per heavy atom. The second-order valence-electron chi connectivity index (χ2n) is 4.72. The van der Waals surface area contributed by atoms with Crippen LogP contribution in [0.3, 0.4) is 0 Å². The molecule has 0 fully saturated rings. The summed E-state index contributed by atoms with van der Waals surface area (Å²) in [5.74, 6) is 0.772. The van der Waals surface area contributed by atoms with Gasteiger partial charge in [-0.3, -0.25) is 10.1 Å². The number of oxime groups is 1. The van der Waals surface area contributed by atoms with Crippen molar-refractivity contribution in [2.45, 2.75) is 13.5 Å². The Morgan fingerprint density at radius 3 is 2.58 bits per heavy atom. The first kappa shape index (κ1) is 17.6. The Hall–Kier alpha value is -2.80. The molecule has 0 spiro atoms. The number of ether oxygens (including phenoxy) is 2. The van der Waals surface area contributed by atoms with Crippen molar-refractivity contribution in [3.8, 4) is 11.5 Å². The van der Waals surface area contributed by atoms with Gasteiger partial charge in [-0.15, -0.1) is 0 Å². The molecule has 0 heterocycles. The summed E-state index contributed by atoms with van der Waals surface area (Å²) in [6.45, 7) is 2.40. The summed E-state index contributed by atoms with van der Waals surface area (Å²) in [5, 5.41) is 22.5. The van der Waals surface area contributed by atoms with Crippen molar-refractivity contribution in [1.29, 1.82) is 0 Å². The molecule has 2 rings (SSSR count). The number of non-ortho nitro benzene ring substituents is 1. The fourth-order valence-corrected chi connectivity index (χ4v) is 2.28. The van der Waals surface area contributed by atoms with E-state index in [0.29, 0.717) is 28.7 Å². The highest BCUT2D eigenvalue weighted by Crippen LogP contribution is 2.37. The number of hydrogen-bond donors (Lipinski definition) is 1. The van der Waals surface area contributed by atoms with E-state index in [1.165, 1.54) is 18.3 Å². The van der Waals surface area contributed by atoms with Gasteiger partial charge in [0.1, 0.15) is 6.61 Å². The van der Waals surface area contributed by atoms with Crippen molar-refractivity contribution in [3.63, 3.8) is 0 Å². The van der Waals surface area contributed by atoms with Crippen molar-refractivity contribution in [2.75, 3.05) is 6.61 Å². The predicted molar refractivity (Wildman–Crippen MR) is 89.4 cm³/mol. The summed E-state index contributed by atoms with van der Waals surface area (Å²) in [6.07, 6.45) is 1.23. The second kappa shape index (κ2) is 8.16. The minimum atomic E-state index is -0.462. The zero-order valence-corrected chi connectivity index (χ0v) is 13.6. The third-order valence-electron chi connectivity index (χ3n) is 3.07. The smallest absolute Gasteiger partial charge is 0.269 e. The maximum absolute atomic E-state index is 10.6. The SMILES string of the molecule is CCOc1cc(/C=N/O)cc(Cl)c1OCc1ccc([N+](=O)[O-])cc1. The van der Waals surface area contributed by atoms with Gasteiger partial charge in [0.2, 0.25) is 0 Å². The molecule has 126 valence electrons. The van der Waals surface area contributed by atoms with Gasteiger partial charge in [0.15, 0.2) is 11.5 Å². The Kier molecular flexibility index (Phi) is 5.97. The largest absolute Gasteiger partial charge is 0.490 e. The van der Waals surface area contributed by atoms with Crippen molar-refractivity contribution in [1.82, 2.24) is 0 Å². The summed E-state index contributed by atoms with van der Waals surface area (Å²) >= 11 is 6.20. The highest BCUT2D eigenvalue weighted by molar-refractivity contribution is 6.32. The average molecular weight is 351 g/mol. The van der Waals surface area contributed by atoms with E-state index in [9.17, 15) is 10.1 Å². The second-order valence-corrected chi connectivity index (χ2v) is 5.13. The predicted octanol–water partition coefficient (Wildman–Crippen LogP) is 4.03. The molecule has 0 aliphatic rings. The number of nitrogens with zero attached hydrogens (tertiary/aromatic N) is 2. The molecule has 0 aliphatic heterocycles. The van der Waals surface area contributed by atoms with E-state index in [1.54, 1.807) is 24.3 Å². The minimum Gasteiger partial charge on any atom is -0.490 e. The molecule has 0 aliphatic carbocycles. The number of halogens is 1. The normalized spacial score (nSPS) is 10.8. The number of nitro groups is 1. The van der Waals surface area contributed by atoms with E-state index >= 15 is 0 Å². The molecule has 2 aromatic carbocycles. The highest BCUT2D eigenvalue weighted by Gasteiger charge is 2.13. The van der Waals surface area contributed by atoms with Crippen molar-refractivity contribution in [3.05, 3.63) is 62.7 Å². The molecule has 0 radical (unpaired) electrons. The van der Waals surface area contributed by atoms with Crippen LogP contribution in [-0.4, -0.2) is 23.0 Å². The van der Waals surface area contributed by atoms with Crippen molar-refractivity contribution < 1.29 is 19.6 Å². The quantitative estimate of drug-likeness (QED) is 0.352. The molecule has 0 aromatic heterocycles. The third-order valence-corrected chi connectivity index (χ3v) is 3.35. The van der Waals surface area contributed by atoms with Crippen LogP contribution in [0.25, 0.3) is 0 Å². The molecule has 0 saturated carbocycles. The van der Waals surface area contributed by atoms with E-state index in [1.807, 2.05) is 6.92 Å². The van der Waals surface area contributed by atoms with Gasteiger partial charge in [-0.2, -0.15) is 0 Å². The van der Waals surface area contributed by atoms with E-state index in [0.717, 1.165) is 5.56 Å². The van der Waals surface area contributed by atoms with Gasteiger partial charge in [0.25, 0.3) is 5.69 Å². The summed E-state index contributed by atoms with van der Waals surface area (Å²) in [7, 11) is 0. The molecular formula is C16H15ClN2O5. The maximum Gasteiger partial charge on any atom is 0.269 e. The number of rotatable bonds is 7. The van der Waals surface area contributed by atoms with Gasteiger partial charge in [0, 0.05) is 17.7 Å². The summed E-state index contributed by atoms with van der Waals surface area (Å²) in [6, 6.07) is 9.25. The lowest BCUT2D eigenvalue weighted by molar-refractivity contribution is -0.384. The van der Waals surface area contributed by atoms with Gasteiger partial charge in [-0.1, -0.05) is 16.8 Å². The van der Waals surface area contributed by atoms with E-state index in [2.05, 4.69) is 5.16 Å². The zero-order chi connectivity index (χ0) is 17.5. The molecule has 24 heavy (non-hydrogen) atoms. The molecule has 8 heteroatoms. The van der Waals surface area contributed by atoms with Gasteiger partial charge in [-0.05, 0) is 36.8 Å². The molecule has 0 amide bonds. The Balaban J connectivity index is 2.20. The molecule has 7 nitrogen and oxygen atoms in total. The van der Waals surface area contributed by atoms with E-state index < -0.39 is 4.92 Å². The molecule has 0 unspecified atom stereocenters. The number of hydrogen-bond acceptors (Lipinski definition) is 6. The summed E-state index contributed by atoms with van der Waals surface area (Å²) < 4.78 is 11.2. The molecule has 0 bridgehead atoms. The number of nitro benzene ring substituents is 1. The van der Waals surface area contributed by atoms with Crippen LogP contribution in [0, 0.1) is 10.1 Å². The first-order valence-corrected chi connectivity index (χ1v) is 7.42. The summed E-state index contributed by atoms with van der Waals surface area (Å²) in [4.78, 5) is 10.2. The van der Waals surface area contributed by atoms with Crippen LogP contribution in [0.2, 0.25) is 5.02 Å². The van der Waals surface area contributed by atoms with E-state index in [4.69, 9.17) is 26.3 Å². The zero-order valence-electron chi connectivity index (χ0n) is 12.8. The molecule has 0 saturated heterocycles. The molecule has 2 aromatic rings. The first-order valence-electron chi connectivity index (χ1n) is 7.05. The van der Waals surface area contributed by atoms with Crippen LogP contribution in [0.15, 0.2) is 41.6 Å². The Bertz CT molecular complexity index is 747. The fourth-order valence-electron chi connectivity index (χ4n) is 2.00. The minimum absolute atomic E-state index is 0.0134. The van der Waals surface area contributed by atoms with Gasteiger partial charge >= 0.3 is 0 Å². The lowest BCUT2D eigenvalue weighted by Gasteiger charge is -2.14. The van der Waals surface area contributed by atoms with Crippen molar-refractivity contribution in [2.24, 2.45) is 5.16 Å². The molecule has 1 N–H and O–H groups in total. The van der Waals surface area contributed by atoms with Crippen LogP contribution in [0.4, 0.5) is 5.69 Å². The molecular weight excluding hydrogens is 336 g/mol. The van der Waals surface area contributed by atoms with E-state index in [-0.39, 0.29) is 12.3 Å². The fraction of sp³-hybridized carbons (Fsp3) is 0.188. The first-order chi connectivity index (χ1) is 11.5. The Labute approximate surface area is 143 Å². The topological polar surface area (TPSA) is 94.2 Å². The van der Waals surface area contributed by atoms with Gasteiger partial charge in [0.05, 0.1) is 22.8 Å². The average Bonchev–Trinajstić information content (AvgIpc) is 2.55. The number of benzene rings is 2. The van der Waals surface area contributed by atoms with Gasteiger partial charge < -0.3 is 14.7 Å². The Morgan fingerprint density at radius 2 is 2.00 bits per heavy atom. The highest BCUT2D eigenvalue weighted by atomic mass is 35.5. The molecule has 0 atom stereocenters. The van der Waals surface area contributed by atoms with Crippen molar-refractivity contribution >= 4 is 23.5 Å². The van der Waals surface area contributed by atoms with Crippen LogP contribution in [0.1, 0.15) is 18.1 Å². The van der Waals surface area contributed by atoms with Crippen LogP contribution < -0.4 is 9.47 Å². The van der Waals surface area contributed by atoms with Crippen LogP contribution in [0.5, 0.6) is 11.5 Å².